The summed E-state index contributed by atoms with van der Waals surface area (Å²) in [6.07, 6.45) is 1.47. The number of carbonyl (C=O) groups is 1. The molecule has 2 nitrogen and oxygen atoms in total. The van der Waals surface area contributed by atoms with E-state index in [2.05, 4.69) is 22.0 Å². The molecular weight excluding hydrogens is 324 g/mol. The highest BCUT2D eigenvalue weighted by Gasteiger charge is 2.24. The molecule has 0 saturated carbocycles. The highest BCUT2D eigenvalue weighted by Crippen LogP contribution is 2.36. The molecule has 1 atom stereocenters. The highest BCUT2D eigenvalue weighted by molar-refractivity contribution is 9.10. The van der Waals surface area contributed by atoms with E-state index < -0.39 is 0 Å². The molecule has 0 spiro atoms. The topological polar surface area (TPSA) is 26.3 Å². The van der Waals surface area contributed by atoms with Crippen LogP contribution in [0.5, 0.6) is 5.75 Å². The van der Waals surface area contributed by atoms with Gasteiger partial charge in [0, 0.05) is 16.3 Å². The zero-order valence-electron chi connectivity index (χ0n) is 10.3. The van der Waals surface area contributed by atoms with E-state index in [9.17, 15) is 4.79 Å². The lowest BCUT2D eigenvalue weighted by Gasteiger charge is -2.25. The van der Waals surface area contributed by atoms with Crippen LogP contribution in [0.3, 0.4) is 0 Å². The van der Waals surface area contributed by atoms with Crippen molar-refractivity contribution < 1.29 is 9.53 Å². The van der Waals surface area contributed by atoms with Gasteiger partial charge in [0.1, 0.15) is 5.75 Å². The third-order valence-corrected chi connectivity index (χ3v) is 5.09. The van der Waals surface area contributed by atoms with Crippen molar-refractivity contribution >= 4 is 33.0 Å². The van der Waals surface area contributed by atoms with E-state index >= 15 is 0 Å². The van der Waals surface area contributed by atoms with E-state index in [1.807, 2.05) is 29.6 Å². The van der Waals surface area contributed by atoms with E-state index in [4.69, 9.17) is 4.74 Å². The zero-order valence-corrected chi connectivity index (χ0v) is 12.7. The molecule has 0 saturated heterocycles. The summed E-state index contributed by atoms with van der Waals surface area (Å²) < 4.78 is 6.61. The molecular formula is C15H13BrO2S. The van der Waals surface area contributed by atoms with Gasteiger partial charge in [0.2, 0.25) is 0 Å². The van der Waals surface area contributed by atoms with Gasteiger partial charge in [-0.3, -0.25) is 4.79 Å². The molecule has 2 aromatic rings. The van der Waals surface area contributed by atoms with Gasteiger partial charge in [-0.2, -0.15) is 0 Å². The van der Waals surface area contributed by atoms with Crippen LogP contribution in [-0.2, 0) is 0 Å². The Balaban J connectivity index is 1.79. The average molecular weight is 337 g/mol. The maximum Gasteiger partial charge on any atom is 0.173 e. The summed E-state index contributed by atoms with van der Waals surface area (Å²) >= 11 is 4.89. The first kappa shape index (κ1) is 12.9. The summed E-state index contributed by atoms with van der Waals surface area (Å²) in [6, 6.07) is 9.93. The second-order valence-corrected chi connectivity index (χ2v) is 6.46. The normalized spacial score (nSPS) is 17.6. The highest BCUT2D eigenvalue weighted by atomic mass is 79.9. The van der Waals surface area contributed by atoms with Gasteiger partial charge in [0.25, 0.3) is 0 Å². The van der Waals surface area contributed by atoms with Crippen molar-refractivity contribution in [3.63, 3.8) is 0 Å². The fourth-order valence-electron chi connectivity index (χ4n) is 2.41. The Morgan fingerprint density at radius 1 is 1.42 bits per heavy atom. The average Bonchev–Trinajstić information content (AvgIpc) is 2.86. The molecule has 4 heteroatoms. The van der Waals surface area contributed by atoms with Crippen LogP contribution in [-0.4, -0.2) is 12.4 Å². The molecule has 0 N–H and O–H groups in total. The number of carbonyl (C=O) groups excluding carboxylic acids is 1. The number of hydrogen-bond acceptors (Lipinski definition) is 3. The Labute approximate surface area is 124 Å². The standard InChI is InChI=1S/C15H13BrO2S/c16-11-8-15(19-9-11)13(17)7-10-5-6-18-14-4-2-1-3-12(10)14/h1-4,8-10H,5-7H2. The van der Waals surface area contributed by atoms with Gasteiger partial charge in [0.15, 0.2) is 5.78 Å². The van der Waals surface area contributed by atoms with Crippen LogP contribution < -0.4 is 4.74 Å². The lowest BCUT2D eigenvalue weighted by atomic mass is 9.88. The quantitative estimate of drug-likeness (QED) is 0.762. The molecule has 1 aromatic carbocycles. The van der Waals surface area contributed by atoms with Crippen molar-refractivity contribution in [2.24, 2.45) is 0 Å². The molecule has 98 valence electrons. The van der Waals surface area contributed by atoms with Gasteiger partial charge >= 0.3 is 0 Å². The van der Waals surface area contributed by atoms with Crippen molar-refractivity contribution in [3.8, 4) is 5.75 Å². The van der Waals surface area contributed by atoms with E-state index in [1.54, 1.807) is 0 Å². The smallest absolute Gasteiger partial charge is 0.173 e. The maximum atomic E-state index is 12.3. The Kier molecular flexibility index (Phi) is 3.71. The summed E-state index contributed by atoms with van der Waals surface area (Å²) in [7, 11) is 0. The summed E-state index contributed by atoms with van der Waals surface area (Å²) in [5.74, 6) is 1.43. The van der Waals surface area contributed by atoms with E-state index in [0.29, 0.717) is 13.0 Å². The molecule has 0 aliphatic carbocycles. The predicted octanol–water partition coefficient (Wildman–Crippen LogP) is 4.65. The molecule has 0 fully saturated rings. The number of Topliss-reactive ketones (excluding diaryl/α,β-unsaturated/α-hetero) is 1. The first-order chi connectivity index (χ1) is 9.24. The first-order valence-electron chi connectivity index (χ1n) is 6.23. The van der Waals surface area contributed by atoms with Crippen molar-refractivity contribution in [2.75, 3.05) is 6.61 Å². The molecule has 1 aromatic heterocycles. The molecule has 2 heterocycles. The molecule has 0 bridgehead atoms. The number of fused-ring (bicyclic) bond motifs is 1. The van der Waals surface area contributed by atoms with Crippen LogP contribution in [0.4, 0.5) is 0 Å². The van der Waals surface area contributed by atoms with Crippen LogP contribution >= 0.6 is 27.3 Å². The van der Waals surface area contributed by atoms with Crippen LogP contribution in [0.2, 0.25) is 0 Å². The van der Waals surface area contributed by atoms with Crippen molar-refractivity contribution in [1.29, 1.82) is 0 Å². The Hall–Kier alpha value is -1.13. The van der Waals surface area contributed by atoms with E-state index in [-0.39, 0.29) is 11.7 Å². The van der Waals surface area contributed by atoms with Crippen LogP contribution in [0.25, 0.3) is 0 Å². The lowest BCUT2D eigenvalue weighted by molar-refractivity contribution is 0.0970. The number of ketones is 1. The second-order valence-electron chi connectivity index (χ2n) is 4.63. The Morgan fingerprint density at radius 2 is 2.26 bits per heavy atom. The number of benzene rings is 1. The van der Waals surface area contributed by atoms with Gasteiger partial charge < -0.3 is 4.74 Å². The number of halogens is 1. The molecule has 1 unspecified atom stereocenters. The Morgan fingerprint density at radius 3 is 3.05 bits per heavy atom. The first-order valence-corrected chi connectivity index (χ1v) is 7.90. The number of ether oxygens (including phenoxy) is 1. The largest absolute Gasteiger partial charge is 0.493 e. The van der Waals surface area contributed by atoms with Gasteiger partial charge in [0.05, 0.1) is 11.5 Å². The van der Waals surface area contributed by atoms with Crippen molar-refractivity contribution in [3.05, 3.63) is 50.6 Å². The molecule has 1 aliphatic rings. The molecule has 1 aliphatic heterocycles. The van der Waals surface area contributed by atoms with Gasteiger partial charge in [-0.05, 0) is 46.0 Å². The SMILES string of the molecule is O=C(CC1CCOc2ccccc21)c1cc(Br)cs1. The molecule has 0 amide bonds. The summed E-state index contributed by atoms with van der Waals surface area (Å²) in [5, 5.41) is 1.95. The Bertz CT molecular complexity index is 606. The van der Waals surface area contributed by atoms with Gasteiger partial charge in [-0.1, -0.05) is 18.2 Å². The minimum atomic E-state index is 0.220. The second kappa shape index (κ2) is 5.47. The minimum Gasteiger partial charge on any atom is -0.493 e. The number of rotatable bonds is 3. The number of hydrogen-bond donors (Lipinski definition) is 0. The molecule has 0 radical (unpaired) electrons. The summed E-state index contributed by atoms with van der Waals surface area (Å²) in [4.78, 5) is 13.1. The van der Waals surface area contributed by atoms with E-state index in [1.165, 1.54) is 11.3 Å². The zero-order chi connectivity index (χ0) is 13.2. The predicted molar refractivity (Wildman–Crippen MR) is 80.3 cm³/mol. The fourth-order valence-corrected chi connectivity index (χ4v) is 3.79. The third kappa shape index (κ3) is 2.74. The van der Waals surface area contributed by atoms with Crippen LogP contribution in [0.15, 0.2) is 40.2 Å². The van der Waals surface area contributed by atoms with Crippen molar-refractivity contribution in [2.45, 2.75) is 18.8 Å². The maximum absolute atomic E-state index is 12.3. The summed E-state index contributed by atoms with van der Waals surface area (Å²) in [6.45, 7) is 0.698. The number of thiophene rings is 1. The molecule has 19 heavy (non-hydrogen) atoms. The monoisotopic (exact) mass is 336 g/mol. The van der Waals surface area contributed by atoms with Crippen molar-refractivity contribution in [1.82, 2.24) is 0 Å². The lowest BCUT2D eigenvalue weighted by Crippen LogP contribution is -2.16. The number of para-hydroxylation sites is 1. The molecule has 3 rings (SSSR count). The van der Waals surface area contributed by atoms with Crippen LogP contribution in [0, 0.1) is 0 Å². The van der Waals surface area contributed by atoms with E-state index in [0.717, 1.165) is 27.1 Å². The minimum absolute atomic E-state index is 0.220. The summed E-state index contributed by atoms with van der Waals surface area (Å²) in [5.41, 5.74) is 1.16. The van der Waals surface area contributed by atoms with Gasteiger partial charge in [-0.15, -0.1) is 11.3 Å². The third-order valence-electron chi connectivity index (χ3n) is 3.36. The van der Waals surface area contributed by atoms with Crippen LogP contribution in [0.1, 0.15) is 34.0 Å². The fraction of sp³-hybridized carbons (Fsp3) is 0.267. The van der Waals surface area contributed by atoms with Gasteiger partial charge in [-0.25, -0.2) is 0 Å².